The Labute approximate surface area is 84.4 Å². The molecule has 2 heterocycles. The Morgan fingerprint density at radius 2 is 2.20 bits per heavy atom. The van der Waals surface area contributed by atoms with Gasteiger partial charge in [0.25, 0.3) is 5.91 Å². The van der Waals surface area contributed by atoms with Crippen molar-refractivity contribution in [2.24, 2.45) is 0 Å². The van der Waals surface area contributed by atoms with Crippen LogP contribution in [0.4, 0.5) is 5.95 Å². The van der Waals surface area contributed by atoms with Gasteiger partial charge >= 0.3 is 0 Å². The Kier molecular flexibility index (Phi) is 2.32. The normalized spacial score (nSPS) is 9.87. The molecule has 15 heavy (non-hydrogen) atoms. The van der Waals surface area contributed by atoms with Gasteiger partial charge in [-0.25, -0.2) is 4.98 Å². The SMILES string of the molecule is O=C(Nc1ncc[nH]1)c1ccc(=O)[nH]c1. The molecule has 2 aromatic heterocycles. The molecule has 6 heteroatoms. The molecule has 0 aliphatic rings. The third-order valence-corrected chi connectivity index (χ3v) is 1.78. The monoisotopic (exact) mass is 204 g/mol. The van der Waals surface area contributed by atoms with Crippen molar-refractivity contribution in [2.45, 2.75) is 0 Å². The van der Waals surface area contributed by atoms with Gasteiger partial charge in [0.2, 0.25) is 11.5 Å². The highest BCUT2D eigenvalue weighted by molar-refractivity contribution is 6.02. The van der Waals surface area contributed by atoms with Crippen molar-refractivity contribution in [2.75, 3.05) is 5.32 Å². The zero-order valence-electron chi connectivity index (χ0n) is 7.65. The molecular weight excluding hydrogens is 196 g/mol. The minimum atomic E-state index is -0.332. The van der Waals surface area contributed by atoms with Crippen LogP contribution in [0.15, 0.2) is 35.5 Å². The van der Waals surface area contributed by atoms with E-state index in [1.807, 2.05) is 0 Å². The van der Waals surface area contributed by atoms with E-state index in [1.54, 1.807) is 6.20 Å². The number of pyridine rings is 1. The first-order valence-electron chi connectivity index (χ1n) is 4.25. The third-order valence-electron chi connectivity index (χ3n) is 1.78. The van der Waals surface area contributed by atoms with Crippen LogP contribution in [0.5, 0.6) is 0 Å². The average Bonchev–Trinajstić information content (AvgIpc) is 2.71. The first kappa shape index (κ1) is 9.20. The summed E-state index contributed by atoms with van der Waals surface area (Å²) in [5.41, 5.74) is 0.121. The van der Waals surface area contributed by atoms with Gasteiger partial charge in [-0.1, -0.05) is 0 Å². The quantitative estimate of drug-likeness (QED) is 0.659. The molecule has 6 nitrogen and oxygen atoms in total. The lowest BCUT2D eigenvalue weighted by atomic mass is 10.3. The fourth-order valence-corrected chi connectivity index (χ4v) is 1.07. The molecular formula is C9H8N4O2. The van der Waals surface area contributed by atoms with Gasteiger partial charge in [0.15, 0.2) is 0 Å². The molecule has 76 valence electrons. The number of hydrogen-bond acceptors (Lipinski definition) is 3. The summed E-state index contributed by atoms with van der Waals surface area (Å²) < 4.78 is 0. The Bertz CT molecular complexity index is 495. The number of carbonyl (C=O) groups is 1. The molecule has 0 fully saturated rings. The summed E-state index contributed by atoms with van der Waals surface area (Å²) in [6, 6.07) is 2.73. The largest absolute Gasteiger partial charge is 0.331 e. The topological polar surface area (TPSA) is 90.6 Å². The van der Waals surface area contributed by atoms with E-state index in [1.165, 1.54) is 24.5 Å². The van der Waals surface area contributed by atoms with Crippen molar-refractivity contribution in [3.8, 4) is 0 Å². The number of aromatic nitrogens is 3. The lowest BCUT2D eigenvalue weighted by Gasteiger charge is -2.00. The third kappa shape index (κ3) is 2.11. The summed E-state index contributed by atoms with van der Waals surface area (Å²) in [7, 11) is 0. The van der Waals surface area contributed by atoms with Crippen LogP contribution in [0.3, 0.4) is 0 Å². The van der Waals surface area contributed by atoms with E-state index in [0.29, 0.717) is 11.5 Å². The predicted molar refractivity (Wildman–Crippen MR) is 53.6 cm³/mol. The molecule has 0 bridgehead atoms. The fraction of sp³-hybridized carbons (Fsp3) is 0. The zero-order valence-corrected chi connectivity index (χ0v) is 7.65. The van der Waals surface area contributed by atoms with Gasteiger partial charge in [-0.05, 0) is 6.07 Å². The maximum absolute atomic E-state index is 11.5. The second-order valence-corrected chi connectivity index (χ2v) is 2.83. The highest BCUT2D eigenvalue weighted by Crippen LogP contribution is 2.00. The van der Waals surface area contributed by atoms with Crippen molar-refractivity contribution in [3.63, 3.8) is 0 Å². The molecule has 0 spiro atoms. The molecule has 0 radical (unpaired) electrons. The van der Waals surface area contributed by atoms with E-state index in [-0.39, 0.29) is 11.5 Å². The number of rotatable bonds is 2. The number of imidazole rings is 1. The van der Waals surface area contributed by atoms with Crippen molar-refractivity contribution in [1.82, 2.24) is 15.0 Å². The van der Waals surface area contributed by atoms with Gasteiger partial charge in [-0.3, -0.25) is 14.9 Å². The first-order chi connectivity index (χ1) is 7.25. The molecule has 1 amide bonds. The lowest BCUT2D eigenvalue weighted by Crippen LogP contribution is -2.15. The fourth-order valence-electron chi connectivity index (χ4n) is 1.07. The van der Waals surface area contributed by atoms with Crippen molar-refractivity contribution in [1.29, 1.82) is 0 Å². The van der Waals surface area contributed by atoms with Crippen LogP contribution < -0.4 is 10.9 Å². The van der Waals surface area contributed by atoms with Crippen LogP contribution in [-0.4, -0.2) is 20.9 Å². The van der Waals surface area contributed by atoms with Crippen LogP contribution in [0, 0.1) is 0 Å². The number of aromatic amines is 2. The van der Waals surface area contributed by atoms with E-state index in [2.05, 4.69) is 20.3 Å². The lowest BCUT2D eigenvalue weighted by molar-refractivity contribution is 0.102. The van der Waals surface area contributed by atoms with Crippen molar-refractivity contribution >= 4 is 11.9 Å². The predicted octanol–water partition coefficient (Wildman–Crippen LogP) is 0.350. The molecule has 0 aromatic carbocycles. The number of amides is 1. The highest BCUT2D eigenvalue weighted by Gasteiger charge is 2.06. The number of nitrogens with zero attached hydrogens (tertiary/aromatic N) is 1. The molecule has 0 aliphatic heterocycles. The van der Waals surface area contributed by atoms with E-state index >= 15 is 0 Å². The molecule has 0 saturated heterocycles. The summed E-state index contributed by atoms with van der Waals surface area (Å²) in [5.74, 6) is 0.0346. The highest BCUT2D eigenvalue weighted by atomic mass is 16.2. The Balaban J connectivity index is 2.15. The van der Waals surface area contributed by atoms with Crippen LogP contribution in [0.1, 0.15) is 10.4 Å². The van der Waals surface area contributed by atoms with Gasteiger partial charge in [0.05, 0.1) is 5.56 Å². The summed E-state index contributed by atoms with van der Waals surface area (Å²) in [6.45, 7) is 0. The van der Waals surface area contributed by atoms with Crippen LogP contribution in [-0.2, 0) is 0 Å². The minimum absolute atomic E-state index is 0.246. The van der Waals surface area contributed by atoms with Crippen LogP contribution in [0.25, 0.3) is 0 Å². The number of anilines is 1. The number of nitrogens with one attached hydrogen (secondary N) is 3. The number of carbonyl (C=O) groups excluding carboxylic acids is 1. The average molecular weight is 204 g/mol. The first-order valence-corrected chi connectivity index (χ1v) is 4.25. The van der Waals surface area contributed by atoms with Crippen LogP contribution in [0.2, 0.25) is 0 Å². The van der Waals surface area contributed by atoms with E-state index in [9.17, 15) is 9.59 Å². The number of hydrogen-bond donors (Lipinski definition) is 3. The van der Waals surface area contributed by atoms with E-state index < -0.39 is 0 Å². The maximum Gasteiger partial charge on any atom is 0.259 e. The van der Waals surface area contributed by atoms with Crippen molar-refractivity contribution < 1.29 is 4.79 Å². The van der Waals surface area contributed by atoms with Crippen LogP contribution >= 0.6 is 0 Å². The van der Waals surface area contributed by atoms with Gasteiger partial charge in [-0.15, -0.1) is 0 Å². The maximum atomic E-state index is 11.5. The standard InChI is InChI=1S/C9H8N4O2/c14-7-2-1-6(5-12-7)8(15)13-9-10-3-4-11-9/h1-5H,(H,12,14)(H2,10,11,13,15). The molecule has 0 unspecified atom stereocenters. The van der Waals surface area contributed by atoms with Gasteiger partial charge < -0.3 is 9.97 Å². The smallest absolute Gasteiger partial charge is 0.259 e. The second kappa shape index (κ2) is 3.79. The molecule has 0 aliphatic carbocycles. The van der Waals surface area contributed by atoms with Gasteiger partial charge in [-0.2, -0.15) is 0 Å². The second-order valence-electron chi connectivity index (χ2n) is 2.83. The molecule has 2 rings (SSSR count). The number of H-pyrrole nitrogens is 2. The summed E-state index contributed by atoms with van der Waals surface area (Å²) in [6.07, 6.45) is 4.48. The summed E-state index contributed by atoms with van der Waals surface area (Å²) >= 11 is 0. The zero-order chi connectivity index (χ0) is 10.7. The van der Waals surface area contributed by atoms with E-state index in [4.69, 9.17) is 0 Å². The molecule has 0 saturated carbocycles. The minimum Gasteiger partial charge on any atom is -0.331 e. The van der Waals surface area contributed by atoms with E-state index in [0.717, 1.165) is 0 Å². The molecule has 3 N–H and O–H groups in total. The Hall–Kier alpha value is -2.37. The van der Waals surface area contributed by atoms with Gasteiger partial charge in [0.1, 0.15) is 0 Å². The van der Waals surface area contributed by atoms with Crippen molar-refractivity contribution in [3.05, 3.63) is 46.6 Å². The van der Waals surface area contributed by atoms with Gasteiger partial charge in [0, 0.05) is 24.7 Å². The molecule has 0 atom stereocenters. The Morgan fingerprint density at radius 3 is 2.80 bits per heavy atom. The molecule has 2 aromatic rings. The summed E-state index contributed by atoms with van der Waals surface area (Å²) in [5, 5.41) is 2.53. The summed E-state index contributed by atoms with van der Waals surface area (Å²) in [4.78, 5) is 31.3. The Morgan fingerprint density at radius 1 is 1.33 bits per heavy atom.